The van der Waals surface area contributed by atoms with Crippen LogP contribution in [-0.4, -0.2) is 43.2 Å². The van der Waals surface area contributed by atoms with E-state index in [0.29, 0.717) is 30.9 Å². The molecular formula is C28H30N2O5S. The number of ether oxygens (including phenoxy) is 1. The topological polar surface area (TPSA) is 84.0 Å². The van der Waals surface area contributed by atoms with E-state index in [1.165, 1.54) is 4.31 Å². The fourth-order valence-corrected chi connectivity index (χ4v) is 7.21. The Hall–Kier alpha value is -3.23. The van der Waals surface area contributed by atoms with Gasteiger partial charge in [0.05, 0.1) is 23.6 Å². The Bertz CT molecular complexity index is 1380. The van der Waals surface area contributed by atoms with Gasteiger partial charge in [-0.25, -0.2) is 13.3 Å². The molecule has 1 saturated heterocycles. The number of hydrogen-bond donors (Lipinski definition) is 0. The van der Waals surface area contributed by atoms with Crippen molar-refractivity contribution >= 4 is 38.3 Å². The van der Waals surface area contributed by atoms with Crippen LogP contribution in [-0.2, 0) is 19.6 Å². The first-order valence-corrected chi connectivity index (χ1v) is 14.0. The Balaban J connectivity index is 1.52. The van der Waals surface area contributed by atoms with E-state index in [1.54, 1.807) is 42.5 Å². The minimum atomic E-state index is -4.04. The van der Waals surface area contributed by atoms with E-state index in [2.05, 4.69) is 0 Å². The Labute approximate surface area is 211 Å². The fourth-order valence-electron chi connectivity index (χ4n) is 5.35. The molecule has 0 N–H and O–H groups in total. The van der Waals surface area contributed by atoms with Crippen molar-refractivity contribution < 1.29 is 22.7 Å². The lowest BCUT2D eigenvalue weighted by molar-refractivity contribution is -0.122. The molecule has 1 aliphatic carbocycles. The van der Waals surface area contributed by atoms with Crippen LogP contribution in [0.4, 0.5) is 5.69 Å². The van der Waals surface area contributed by atoms with E-state index in [0.717, 1.165) is 34.9 Å². The molecule has 0 spiro atoms. The number of nitrogens with zero attached hydrogens (tertiary/aromatic N) is 2. The van der Waals surface area contributed by atoms with Gasteiger partial charge < -0.3 is 4.74 Å². The molecule has 2 amide bonds. The van der Waals surface area contributed by atoms with Gasteiger partial charge in [0.1, 0.15) is 11.8 Å². The van der Waals surface area contributed by atoms with Crippen LogP contribution >= 0.6 is 0 Å². The smallest absolute Gasteiger partial charge is 0.252 e. The van der Waals surface area contributed by atoms with E-state index in [9.17, 15) is 18.0 Å². The SMILES string of the molecule is CCOc1ccc(N2C(=O)CC(N(C3CCCCC3)S(=O)(=O)c3ccc4ccccc4c3)C2=O)cc1. The second-order valence-corrected chi connectivity index (χ2v) is 11.2. The maximum absolute atomic E-state index is 14.1. The van der Waals surface area contributed by atoms with Gasteiger partial charge in [-0.1, -0.05) is 49.6 Å². The van der Waals surface area contributed by atoms with E-state index < -0.39 is 27.9 Å². The minimum absolute atomic E-state index is 0.145. The van der Waals surface area contributed by atoms with Gasteiger partial charge in [-0.2, -0.15) is 4.31 Å². The van der Waals surface area contributed by atoms with Gasteiger partial charge in [0, 0.05) is 6.04 Å². The van der Waals surface area contributed by atoms with E-state index in [1.807, 2.05) is 31.2 Å². The lowest BCUT2D eigenvalue weighted by atomic mass is 9.94. The molecule has 2 aliphatic rings. The highest BCUT2D eigenvalue weighted by atomic mass is 32.2. The monoisotopic (exact) mass is 506 g/mol. The molecule has 3 aromatic carbocycles. The van der Waals surface area contributed by atoms with Crippen LogP contribution in [0.3, 0.4) is 0 Å². The molecule has 1 heterocycles. The molecule has 1 unspecified atom stereocenters. The van der Waals surface area contributed by atoms with Crippen LogP contribution in [0.5, 0.6) is 5.75 Å². The van der Waals surface area contributed by atoms with Crippen molar-refractivity contribution in [2.24, 2.45) is 0 Å². The van der Waals surface area contributed by atoms with Crippen molar-refractivity contribution in [2.45, 2.75) is 62.4 Å². The van der Waals surface area contributed by atoms with Gasteiger partial charge in [-0.05, 0) is 66.9 Å². The number of benzene rings is 3. The van der Waals surface area contributed by atoms with Crippen molar-refractivity contribution in [3.8, 4) is 5.75 Å². The highest BCUT2D eigenvalue weighted by Gasteiger charge is 2.49. The summed E-state index contributed by atoms with van der Waals surface area (Å²) in [7, 11) is -4.04. The summed E-state index contributed by atoms with van der Waals surface area (Å²) >= 11 is 0. The van der Waals surface area contributed by atoms with E-state index >= 15 is 0 Å². The number of carbonyl (C=O) groups excluding carboxylic acids is 2. The summed E-state index contributed by atoms with van der Waals surface area (Å²) in [6.45, 7) is 2.38. The molecule has 0 radical (unpaired) electrons. The van der Waals surface area contributed by atoms with Gasteiger partial charge in [0.25, 0.3) is 5.91 Å². The van der Waals surface area contributed by atoms with Crippen LogP contribution in [0, 0.1) is 0 Å². The number of fused-ring (bicyclic) bond motifs is 1. The zero-order chi connectivity index (χ0) is 25.3. The molecule has 3 aromatic rings. The molecule has 1 aliphatic heterocycles. The fraction of sp³-hybridized carbons (Fsp3) is 0.357. The third-order valence-electron chi connectivity index (χ3n) is 7.07. The molecule has 7 nitrogen and oxygen atoms in total. The number of carbonyl (C=O) groups is 2. The van der Waals surface area contributed by atoms with Gasteiger partial charge >= 0.3 is 0 Å². The third kappa shape index (κ3) is 4.51. The average Bonchev–Trinajstić information content (AvgIpc) is 3.18. The predicted octanol–water partition coefficient (Wildman–Crippen LogP) is 4.89. The summed E-state index contributed by atoms with van der Waals surface area (Å²) < 4.78 is 35.0. The summed E-state index contributed by atoms with van der Waals surface area (Å²) in [5, 5.41) is 1.75. The van der Waals surface area contributed by atoms with Gasteiger partial charge in [0.15, 0.2) is 0 Å². The highest BCUT2D eigenvalue weighted by molar-refractivity contribution is 7.89. The number of imide groups is 1. The zero-order valence-electron chi connectivity index (χ0n) is 20.3. The van der Waals surface area contributed by atoms with Crippen LogP contribution in [0.2, 0.25) is 0 Å². The minimum Gasteiger partial charge on any atom is -0.494 e. The maximum Gasteiger partial charge on any atom is 0.252 e. The lowest BCUT2D eigenvalue weighted by Crippen LogP contribution is -2.51. The molecule has 0 aromatic heterocycles. The first kappa shape index (κ1) is 24.5. The summed E-state index contributed by atoms with van der Waals surface area (Å²) in [5.41, 5.74) is 0.419. The van der Waals surface area contributed by atoms with E-state index in [-0.39, 0.29) is 17.4 Å². The molecule has 1 saturated carbocycles. The second-order valence-electron chi connectivity index (χ2n) is 9.35. The molecule has 36 heavy (non-hydrogen) atoms. The number of hydrogen-bond acceptors (Lipinski definition) is 5. The number of sulfonamides is 1. The predicted molar refractivity (Wildman–Crippen MR) is 138 cm³/mol. The number of rotatable bonds is 7. The largest absolute Gasteiger partial charge is 0.494 e. The van der Waals surface area contributed by atoms with Crippen molar-refractivity contribution in [2.75, 3.05) is 11.5 Å². The van der Waals surface area contributed by atoms with Gasteiger partial charge in [0.2, 0.25) is 15.9 Å². The van der Waals surface area contributed by atoms with Crippen LogP contribution < -0.4 is 9.64 Å². The molecule has 1 atom stereocenters. The molecular weight excluding hydrogens is 476 g/mol. The number of anilines is 1. The van der Waals surface area contributed by atoms with Crippen molar-refractivity contribution in [3.05, 3.63) is 66.7 Å². The molecule has 8 heteroatoms. The molecule has 5 rings (SSSR count). The Morgan fingerprint density at radius 2 is 1.61 bits per heavy atom. The Kier molecular flexibility index (Phi) is 6.81. The molecule has 0 bridgehead atoms. The summed E-state index contributed by atoms with van der Waals surface area (Å²) in [5.74, 6) is -0.262. The summed E-state index contributed by atoms with van der Waals surface area (Å²) in [6, 6.07) is 18.0. The third-order valence-corrected chi connectivity index (χ3v) is 9.02. The average molecular weight is 507 g/mol. The zero-order valence-corrected chi connectivity index (χ0v) is 21.1. The Morgan fingerprint density at radius 1 is 0.917 bits per heavy atom. The molecule has 2 fully saturated rings. The van der Waals surface area contributed by atoms with Crippen LogP contribution in [0.25, 0.3) is 10.8 Å². The number of amides is 2. The van der Waals surface area contributed by atoms with Crippen LogP contribution in [0.15, 0.2) is 71.6 Å². The normalized spacial score (nSPS) is 19.4. The lowest BCUT2D eigenvalue weighted by Gasteiger charge is -2.36. The van der Waals surface area contributed by atoms with Gasteiger partial charge in [-0.3, -0.25) is 9.59 Å². The standard InChI is InChI=1S/C28H30N2O5S/c1-2-35-24-15-13-22(14-16-24)29-27(31)19-26(28(29)32)30(23-10-4-3-5-11-23)36(33,34)25-17-12-20-8-6-7-9-21(20)18-25/h6-9,12-18,23,26H,2-5,10-11,19H2,1H3. The Morgan fingerprint density at radius 3 is 2.31 bits per heavy atom. The quantitative estimate of drug-likeness (QED) is 0.426. The first-order valence-electron chi connectivity index (χ1n) is 12.5. The summed E-state index contributed by atoms with van der Waals surface area (Å²) in [6.07, 6.45) is 4.00. The van der Waals surface area contributed by atoms with Gasteiger partial charge in [-0.15, -0.1) is 0 Å². The van der Waals surface area contributed by atoms with Crippen LogP contribution in [0.1, 0.15) is 45.4 Å². The first-order chi connectivity index (χ1) is 17.4. The highest BCUT2D eigenvalue weighted by Crippen LogP contribution is 2.36. The van der Waals surface area contributed by atoms with Crippen molar-refractivity contribution in [1.82, 2.24) is 4.31 Å². The maximum atomic E-state index is 14.1. The van der Waals surface area contributed by atoms with E-state index in [4.69, 9.17) is 4.74 Å². The molecule has 188 valence electrons. The van der Waals surface area contributed by atoms with Crippen molar-refractivity contribution in [3.63, 3.8) is 0 Å². The second kappa shape index (κ2) is 10.0. The summed E-state index contributed by atoms with van der Waals surface area (Å²) in [4.78, 5) is 28.0. The van der Waals surface area contributed by atoms with Crippen molar-refractivity contribution in [1.29, 1.82) is 0 Å².